The van der Waals surface area contributed by atoms with Crippen molar-refractivity contribution >= 4 is 52.0 Å². The van der Waals surface area contributed by atoms with E-state index in [4.69, 9.17) is 28.9 Å². The van der Waals surface area contributed by atoms with Crippen molar-refractivity contribution < 1.29 is 0 Å². The standard InChI is InChI=1S/C15H12Cl2N6/c16-9-2-1-3-11(6-9)22-14-13(18)15(21-8-20-14)23-12-5-4-10(17)7-19-12/h1-8H,18H2,(H2,19,20,21,22,23). The Morgan fingerprint density at radius 3 is 2.35 bits per heavy atom. The molecule has 3 rings (SSSR count). The van der Waals surface area contributed by atoms with Crippen LogP contribution in [0, 0.1) is 0 Å². The third-order valence-electron chi connectivity index (χ3n) is 2.95. The molecule has 0 saturated carbocycles. The SMILES string of the molecule is Nc1c(Nc2cccc(Cl)c2)ncnc1Nc1ccc(Cl)cn1. The van der Waals surface area contributed by atoms with Crippen molar-refractivity contribution in [3.8, 4) is 0 Å². The lowest BCUT2D eigenvalue weighted by Gasteiger charge is -2.12. The maximum atomic E-state index is 6.11. The number of aromatic nitrogens is 3. The maximum absolute atomic E-state index is 6.11. The average Bonchev–Trinajstić information content (AvgIpc) is 2.53. The first kappa shape index (κ1) is 15.3. The van der Waals surface area contributed by atoms with Crippen LogP contribution < -0.4 is 16.4 Å². The lowest BCUT2D eigenvalue weighted by Crippen LogP contribution is -2.05. The van der Waals surface area contributed by atoms with Crippen LogP contribution in [0.15, 0.2) is 48.9 Å². The number of nitrogen functional groups attached to an aromatic ring is 1. The van der Waals surface area contributed by atoms with E-state index in [2.05, 4.69) is 25.6 Å². The molecular weight excluding hydrogens is 335 g/mol. The minimum absolute atomic E-state index is 0.365. The van der Waals surface area contributed by atoms with E-state index in [0.717, 1.165) is 5.69 Å². The van der Waals surface area contributed by atoms with Crippen molar-refractivity contribution in [1.29, 1.82) is 0 Å². The van der Waals surface area contributed by atoms with Crippen molar-refractivity contribution in [2.75, 3.05) is 16.4 Å². The second-order valence-corrected chi connectivity index (χ2v) is 5.48. The number of nitrogens with one attached hydrogen (secondary N) is 2. The molecule has 3 aromatic rings. The van der Waals surface area contributed by atoms with Gasteiger partial charge in [-0.1, -0.05) is 29.3 Å². The molecule has 0 aliphatic carbocycles. The highest BCUT2D eigenvalue weighted by molar-refractivity contribution is 6.31. The number of hydrogen-bond acceptors (Lipinski definition) is 6. The Hall–Kier alpha value is -2.57. The molecule has 0 amide bonds. The van der Waals surface area contributed by atoms with Gasteiger partial charge in [0.15, 0.2) is 11.6 Å². The van der Waals surface area contributed by atoms with Gasteiger partial charge in [-0.15, -0.1) is 0 Å². The minimum Gasteiger partial charge on any atom is -0.393 e. The first-order valence-electron chi connectivity index (χ1n) is 6.63. The third kappa shape index (κ3) is 3.80. The van der Waals surface area contributed by atoms with Gasteiger partial charge in [-0.05, 0) is 30.3 Å². The largest absolute Gasteiger partial charge is 0.393 e. The molecule has 0 spiro atoms. The van der Waals surface area contributed by atoms with Gasteiger partial charge in [0.1, 0.15) is 17.8 Å². The van der Waals surface area contributed by atoms with E-state index < -0.39 is 0 Å². The van der Waals surface area contributed by atoms with E-state index in [-0.39, 0.29) is 0 Å². The molecule has 2 heterocycles. The van der Waals surface area contributed by atoms with Crippen LogP contribution in [-0.4, -0.2) is 15.0 Å². The first-order valence-corrected chi connectivity index (χ1v) is 7.39. The molecule has 0 bridgehead atoms. The molecule has 0 unspecified atom stereocenters. The van der Waals surface area contributed by atoms with E-state index in [1.807, 2.05) is 12.1 Å². The third-order valence-corrected chi connectivity index (χ3v) is 3.40. The van der Waals surface area contributed by atoms with Gasteiger partial charge in [0.2, 0.25) is 0 Å². The van der Waals surface area contributed by atoms with Crippen molar-refractivity contribution in [1.82, 2.24) is 15.0 Å². The highest BCUT2D eigenvalue weighted by Gasteiger charge is 2.09. The van der Waals surface area contributed by atoms with Gasteiger partial charge in [-0.3, -0.25) is 0 Å². The van der Waals surface area contributed by atoms with E-state index in [0.29, 0.717) is 33.2 Å². The van der Waals surface area contributed by atoms with Crippen LogP contribution in [0.3, 0.4) is 0 Å². The van der Waals surface area contributed by atoms with Crippen LogP contribution in [0.2, 0.25) is 10.0 Å². The summed E-state index contributed by atoms with van der Waals surface area (Å²) in [6, 6.07) is 10.7. The molecule has 8 heteroatoms. The van der Waals surface area contributed by atoms with E-state index in [1.165, 1.54) is 12.5 Å². The molecule has 1 aromatic carbocycles. The zero-order valence-electron chi connectivity index (χ0n) is 11.8. The van der Waals surface area contributed by atoms with Crippen LogP contribution in [0.5, 0.6) is 0 Å². The van der Waals surface area contributed by atoms with E-state index in [1.54, 1.807) is 24.3 Å². The quantitative estimate of drug-likeness (QED) is 0.654. The fourth-order valence-corrected chi connectivity index (χ4v) is 2.17. The smallest absolute Gasteiger partial charge is 0.160 e. The summed E-state index contributed by atoms with van der Waals surface area (Å²) >= 11 is 11.8. The maximum Gasteiger partial charge on any atom is 0.160 e. The summed E-state index contributed by atoms with van der Waals surface area (Å²) in [7, 11) is 0. The van der Waals surface area contributed by atoms with Crippen LogP contribution in [0.25, 0.3) is 0 Å². The molecule has 0 fully saturated rings. The topological polar surface area (TPSA) is 88.8 Å². The van der Waals surface area contributed by atoms with Crippen LogP contribution in [0.4, 0.5) is 28.8 Å². The van der Waals surface area contributed by atoms with E-state index >= 15 is 0 Å². The number of anilines is 5. The second kappa shape index (κ2) is 6.68. The monoisotopic (exact) mass is 346 g/mol. The Bertz CT molecular complexity index is 822. The van der Waals surface area contributed by atoms with E-state index in [9.17, 15) is 0 Å². The summed E-state index contributed by atoms with van der Waals surface area (Å²) in [5.41, 5.74) is 7.25. The van der Waals surface area contributed by atoms with Crippen molar-refractivity contribution in [3.63, 3.8) is 0 Å². The summed E-state index contributed by atoms with van der Waals surface area (Å²) in [5, 5.41) is 7.30. The molecule has 0 atom stereocenters. The van der Waals surface area contributed by atoms with Gasteiger partial charge in [0.25, 0.3) is 0 Å². The zero-order chi connectivity index (χ0) is 16.2. The highest BCUT2D eigenvalue weighted by atomic mass is 35.5. The molecule has 0 aliphatic rings. The van der Waals surface area contributed by atoms with Gasteiger partial charge < -0.3 is 16.4 Å². The molecule has 0 radical (unpaired) electrons. The predicted octanol–water partition coefficient (Wildman–Crippen LogP) is 4.25. The average molecular weight is 347 g/mol. The van der Waals surface area contributed by atoms with Gasteiger partial charge in [-0.25, -0.2) is 15.0 Å². The molecule has 23 heavy (non-hydrogen) atoms. The van der Waals surface area contributed by atoms with Crippen molar-refractivity contribution in [2.45, 2.75) is 0 Å². The molecule has 116 valence electrons. The Morgan fingerprint density at radius 2 is 1.65 bits per heavy atom. The second-order valence-electron chi connectivity index (χ2n) is 4.61. The summed E-state index contributed by atoms with van der Waals surface area (Å²) in [6.45, 7) is 0. The molecule has 0 aliphatic heterocycles. The van der Waals surface area contributed by atoms with Crippen LogP contribution in [0.1, 0.15) is 0 Å². The fraction of sp³-hybridized carbons (Fsp3) is 0. The number of halogens is 2. The number of hydrogen-bond donors (Lipinski definition) is 3. The first-order chi connectivity index (χ1) is 11.1. The summed E-state index contributed by atoms with van der Waals surface area (Å²) in [5.74, 6) is 1.49. The summed E-state index contributed by atoms with van der Waals surface area (Å²) in [6.07, 6.45) is 2.94. The summed E-state index contributed by atoms with van der Waals surface area (Å²) in [4.78, 5) is 12.4. The van der Waals surface area contributed by atoms with Crippen LogP contribution >= 0.6 is 23.2 Å². The van der Waals surface area contributed by atoms with Gasteiger partial charge in [-0.2, -0.15) is 0 Å². The summed E-state index contributed by atoms with van der Waals surface area (Å²) < 4.78 is 0. The van der Waals surface area contributed by atoms with Crippen molar-refractivity contribution in [3.05, 3.63) is 59.0 Å². The number of nitrogens with zero attached hydrogens (tertiary/aromatic N) is 3. The molecule has 4 N–H and O–H groups in total. The lowest BCUT2D eigenvalue weighted by molar-refractivity contribution is 1.16. The normalized spacial score (nSPS) is 10.3. The number of nitrogens with two attached hydrogens (primary N) is 1. The number of pyridine rings is 1. The van der Waals surface area contributed by atoms with Crippen LogP contribution in [-0.2, 0) is 0 Å². The van der Waals surface area contributed by atoms with Gasteiger partial charge in [0.05, 0.1) is 5.02 Å². The minimum atomic E-state index is 0.365. The Balaban J connectivity index is 1.84. The van der Waals surface area contributed by atoms with Gasteiger partial charge >= 0.3 is 0 Å². The predicted molar refractivity (Wildman–Crippen MR) is 93.7 cm³/mol. The number of benzene rings is 1. The Morgan fingerprint density at radius 1 is 0.870 bits per heavy atom. The molecule has 2 aromatic heterocycles. The van der Waals surface area contributed by atoms with Gasteiger partial charge in [0, 0.05) is 16.9 Å². The number of rotatable bonds is 4. The molecule has 0 saturated heterocycles. The Labute approximate surface area is 142 Å². The molecular formula is C15H12Cl2N6. The fourth-order valence-electron chi connectivity index (χ4n) is 1.87. The Kier molecular flexibility index (Phi) is 4.45. The zero-order valence-corrected chi connectivity index (χ0v) is 13.3. The molecule has 6 nitrogen and oxygen atoms in total. The van der Waals surface area contributed by atoms with Crippen molar-refractivity contribution in [2.24, 2.45) is 0 Å². The lowest BCUT2D eigenvalue weighted by atomic mass is 10.3. The highest BCUT2D eigenvalue weighted by Crippen LogP contribution is 2.28.